The fraction of sp³-hybridized carbons (Fsp3) is 0.500. The number of aromatic carboxylic acids is 1. The molecule has 0 aliphatic rings. The van der Waals surface area contributed by atoms with Gasteiger partial charge in [0.15, 0.2) is 5.69 Å². The van der Waals surface area contributed by atoms with Gasteiger partial charge in [0.2, 0.25) is 0 Å². The molecule has 1 aromatic rings. The molecule has 13 heavy (non-hydrogen) atoms. The van der Waals surface area contributed by atoms with Crippen LogP contribution >= 0.6 is 0 Å². The molecule has 0 bridgehead atoms. The summed E-state index contributed by atoms with van der Waals surface area (Å²) in [6.07, 6.45) is 0. The lowest BCUT2D eigenvalue weighted by Gasteiger charge is -2.00. The number of nitrogens with two attached hydrogens (primary N) is 1. The summed E-state index contributed by atoms with van der Waals surface area (Å²) in [5.41, 5.74) is 5.31. The largest absolute Gasteiger partial charge is 0.476 e. The molecule has 0 atom stereocenters. The van der Waals surface area contributed by atoms with Gasteiger partial charge in [-0.05, 0) is 0 Å². The maximum Gasteiger partial charge on any atom is 0.358 e. The third kappa shape index (κ3) is 1.81. The zero-order valence-electron chi connectivity index (χ0n) is 6.77. The zero-order valence-corrected chi connectivity index (χ0v) is 6.77. The molecule has 0 amide bonds. The van der Waals surface area contributed by atoms with Crippen LogP contribution in [0.3, 0.4) is 0 Å². The minimum absolute atomic E-state index is 0.0192. The Labute approximate surface area is 73.1 Å². The Morgan fingerprint density at radius 3 is 2.85 bits per heavy atom. The van der Waals surface area contributed by atoms with E-state index in [1.54, 1.807) is 0 Å². The Hall–Kier alpha value is -1.50. The van der Waals surface area contributed by atoms with Gasteiger partial charge in [-0.25, -0.2) is 13.9 Å². The van der Waals surface area contributed by atoms with Gasteiger partial charge >= 0.3 is 5.97 Å². The molecule has 0 aromatic carbocycles. The number of rotatable bonds is 4. The van der Waals surface area contributed by atoms with Gasteiger partial charge in [0.1, 0.15) is 6.67 Å². The van der Waals surface area contributed by atoms with Gasteiger partial charge in [-0.1, -0.05) is 5.21 Å². The number of hydrogen-bond donors (Lipinski definition) is 2. The van der Waals surface area contributed by atoms with Crippen LogP contribution in [0.4, 0.5) is 4.39 Å². The number of aromatic nitrogens is 3. The first-order chi connectivity index (χ1) is 6.20. The zero-order chi connectivity index (χ0) is 9.84. The van der Waals surface area contributed by atoms with Gasteiger partial charge in [0.25, 0.3) is 0 Å². The number of aryl methyl sites for hydroxylation is 1. The number of carboxylic acid groups (broad SMARTS) is 1. The van der Waals surface area contributed by atoms with Crippen molar-refractivity contribution in [3.8, 4) is 0 Å². The molecule has 0 spiro atoms. The highest BCUT2D eigenvalue weighted by Gasteiger charge is 2.16. The summed E-state index contributed by atoms with van der Waals surface area (Å²) in [6, 6.07) is 0. The van der Waals surface area contributed by atoms with Crippen molar-refractivity contribution in [1.29, 1.82) is 0 Å². The lowest BCUT2D eigenvalue weighted by Crippen LogP contribution is -2.13. The van der Waals surface area contributed by atoms with Crippen molar-refractivity contribution in [2.45, 2.75) is 13.1 Å². The van der Waals surface area contributed by atoms with Gasteiger partial charge in [-0.2, -0.15) is 0 Å². The second kappa shape index (κ2) is 3.94. The van der Waals surface area contributed by atoms with Crippen molar-refractivity contribution in [3.63, 3.8) is 0 Å². The normalized spacial score (nSPS) is 10.3. The van der Waals surface area contributed by atoms with Crippen LogP contribution in [-0.2, 0) is 13.1 Å². The van der Waals surface area contributed by atoms with E-state index in [-0.39, 0.29) is 24.5 Å². The summed E-state index contributed by atoms with van der Waals surface area (Å²) >= 11 is 0. The number of carbonyl (C=O) groups is 1. The van der Waals surface area contributed by atoms with Crippen LogP contribution in [0.15, 0.2) is 0 Å². The van der Waals surface area contributed by atoms with Crippen molar-refractivity contribution >= 4 is 5.97 Å². The van der Waals surface area contributed by atoms with Crippen LogP contribution in [0.5, 0.6) is 0 Å². The van der Waals surface area contributed by atoms with E-state index in [1.807, 2.05) is 0 Å². The van der Waals surface area contributed by atoms with E-state index in [9.17, 15) is 9.18 Å². The van der Waals surface area contributed by atoms with Crippen LogP contribution in [0.25, 0.3) is 0 Å². The monoisotopic (exact) mass is 188 g/mol. The van der Waals surface area contributed by atoms with Crippen molar-refractivity contribution in [2.75, 3.05) is 6.67 Å². The highest BCUT2D eigenvalue weighted by Crippen LogP contribution is 2.04. The number of nitrogens with zero attached hydrogens (tertiary/aromatic N) is 3. The Balaban J connectivity index is 3.03. The van der Waals surface area contributed by atoms with E-state index in [0.717, 1.165) is 4.68 Å². The summed E-state index contributed by atoms with van der Waals surface area (Å²) in [5, 5.41) is 15.4. The summed E-state index contributed by atoms with van der Waals surface area (Å²) in [7, 11) is 0. The second-order valence-corrected chi connectivity index (χ2v) is 2.31. The Bertz CT molecular complexity index is 312. The van der Waals surface area contributed by atoms with E-state index in [0.29, 0.717) is 0 Å². The van der Waals surface area contributed by atoms with Gasteiger partial charge in [-0.3, -0.25) is 0 Å². The fourth-order valence-electron chi connectivity index (χ4n) is 0.961. The Morgan fingerprint density at radius 2 is 2.38 bits per heavy atom. The predicted octanol–water partition coefficient (Wildman–Crippen LogP) is -0.596. The fourth-order valence-corrected chi connectivity index (χ4v) is 0.961. The maximum atomic E-state index is 11.9. The van der Waals surface area contributed by atoms with Crippen molar-refractivity contribution in [3.05, 3.63) is 11.4 Å². The molecular weight excluding hydrogens is 179 g/mol. The quantitative estimate of drug-likeness (QED) is 0.658. The molecule has 72 valence electrons. The molecule has 1 aromatic heterocycles. The molecule has 0 radical (unpaired) electrons. The summed E-state index contributed by atoms with van der Waals surface area (Å²) < 4.78 is 13.1. The van der Waals surface area contributed by atoms with Gasteiger partial charge in [0.05, 0.1) is 12.2 Å². The van der Waals surface area contributed by atoms with E-state index >= 15 is 0 Å². The third-order valence-corrected chi connectivity index (χ3v) is 1.53. The van der Waals surface area contributed by atoms with Crippen LogP contribution < -0.4 is 5.73 Å². The first-order valence-electron chi connectivity index (χ1n) is 3.62. The standard InChI is InChI=1S/C6H9FN4O2/c7-1-2-11-4(3-8)5(6(12)13)9-10-11/h1-3,8H2,(H,12,13). The maximum absolute atomic E-state index is 11.9. The molecule has 0 aliphatic heterocycles. The highest BCUT2D eigenvalue weighted by molar-refractivity contribution is 5.86. The lowest BCUT2D eigenvalue weighted by molar-refractivity contribution is 0.0689. The lowest BCUT2D eigenvalue weighted by atomic mass is 10.3. The van der Waals surface area contributed by atoms with E-state index in [1.165, 1.54) is 0 Å². The molecule has 0 saturated carbocycles. The molecule has 0 fully saturated rings. The second-order valence-electron chi connectivity index (χ2n) is 2.31. The van der Waals surface area contributed by atoms with Crippen molar-refractivity contribution < 1.29 is 14.3 Å². The summed E-state index contributed by atoms with van der Waals surface area (Å²) in [6.45, 7) is -0.670. The van der Waals surface area contributed by atoms with Crippen LogP contribution in [0.1, 0.15) is 16.2 Å². The number of alkyl halides is 1. The van der Waals surface area contributed by atoms with Crippen LogP contribution in [0.2, 0.25) is 0 Å². The number of carboxylic acids is 1. The van der Waals surface area contributed by atoms with E-state index in [4.69, 9.17) is 10.8 Å². The average Bonchev–Trinajstić information content (AvgIpc) is 2.48. The van der Waals surface area contributed by atoms with Gasteiger partial charge in [0, 0.05) is 6.54 Å². The van der Waals surface area contributed by atoms with Gasteiger partial charge < -0.3 is 10.8 Å². The summed E-state index contributed by atoms with van der Waals surface area (Å²) in [5.74, 6) is -1.20. The molecule has 0 unspecified atom stereocenters. The average molecular weight is 188 g/mol. The molecule has 1 heterocycles. The minimum atomic E-state index is -1.20. The van der Waals surface area contributed by atoms with E-state index in [2.05, 4.69) is 10.3 Å². The Morgan fingerprint density at radius 1 is 1.69 bits per heavy atom. The third-order valence-electron chi connectivity index (χ3n) is 1.53. The smallest absolute Gasteiger partial charge is 0.358 e. The molecule has 7 heteroatoms. The topological polar surface area (TPSA) is 94.0 Å². The first kappa shape index (κ1) is 9.59. The SMILES string of the molecule is NCc1c(C(=O)O)nnn1CCF. The number of halogens is 1. The molecular formula is C6H9FN4O2. The number of hydrogen-bond acceptors (Lipinski definition) is 4. The highest BCUT2D eigenvalue weighted by atomic mass is 19.1. The van der Waals surface area contributed by atoms with E-state index < -0.39 is 12.6 Å². The summed E-state index contributed by atoms with van der Waals surface area (Å²) in [4.78, 5) is 10.5. The molecule has 0 saturated heterocycles. The molecule has 3 N–H and O–H groups in total. The predicted molar refractivity (Wildman–Crippen MR) is 40.8 cm³/mol. The van der Waals surface area contributed by atoms with Crippen LogP contribution in [0, 0.1) is 0 Å². The molecule has 1 rings (SSSR count). The minimum Gasteiger partial charge on any atom is -0.476 e. The molecule has 6 nitrogen and oxygen atoms in total. The van der Waals surface area contributed by atoms with Gasteiger partial charge in [-0.15, -0.1) is 5.10 Å². The first-order valence-corrected chi connectivity index (χ1v) is 3.62. The van der Waals surface area contributed by atoms with Crippen LogP contribution in [-0.4, -0.2) is 32.7 Å². The molecule has 0 aliphatic carbocycles. The van der Waals surface area contributed by atoms with Crippen molar-refractivity contribution in [2.24, 2.45) is 5.73 Å². The Kier molecular flexibility index (Phi) is 2.91. The van der Waals surface area contributed by atoms with Crippen molar-refractivity contribution in [1.82, 2.24) is 15.0 Å².